The number of nitrogens with one attached hydrogen (secondary N) is 1. The van der Waals surface area contributed by atoms with Gasteiger partial charge in [-0.05, 0) is 67.5 Å². The van der Waals surface area contributed by atoms with E-state index in [1.807, 2.05) is 30.3 Å². The molecule has 1 aliphatic rings. The van der Waals surface area contributed by atoms with Crippen molar-refractivity contribution in [2.45, 2.75) is 38.7 Å². The third kappa shape index (κ3) is 4.48. The van der Waals surface area contributed by atoms with E-state index >= 15 is 0 Å². The molecule has 2 aromatic heterocycles. The average Bonchev–Trinajstić information content (AvgIpc) is 3.21. The van der Waals surface area contributed by atoms with Gasteiger partial charge in [-0.3, -0.25) is 4.79 Å². The Bertz CT molecular complexity index is 1360. The summed E-state index contributed by atoms with van der Waals surface area (Å²) in [4.78, 5) is 23.4. The molecule has 0 radical (unpaired) electrons. The number of aliphatic carboxylic acids is 1. The van der Waals surface area contributed by atoms with Crippen molar-refractivity contribution in [3.05, 3.63) is 64.9 Å². The minimum Gasteiger partial charge on any atom is -0.481 e. The molecule has 0 amide bonds. The number of benzene rings is 2. The van der Waals surface area contributed by atoms with Crippen LogP contribution in [0.25, 0.3) is 33.5 Å². The maximum Gasteiger partial charge on any atom is 0.306 e. The molecule has 174 valence electrons. The molecule has 1 fully saturated rings. The molecule has 2 heterocycles. The summed E-state index contributed by atoms with van der Waals surface area (Å²) in [6.45, 7) is 1.75. The minimum atomic E-state index is -0.741. The van der Waals surface area contributed by atoms with Crippen molar-refractivity contribution >= 4 is 28.7 Å². The summed E-state index contributed by atoms with van der Waals surface area (Å²) in [6.07, 6.45) is 2.47. The van der Waals surface area contributed by atoms with Crippen LogP contribution in [0.3, 0.4) is 0 Å². The summed E-state index contributed by atoms with van der Waals surface area (Å²) in [6, 6.07) is 15.0. The number of aromatic amines is 1. The SMILES string of the molecule is Cc1cc(-c2ccc(-c3nc4nc(OC5CCC(C(=O)O)CC5)[nH]c4cc3Cl)cc2)ccc1F. The number of pyridine rings is 1. The predicted molar refractivity (Wildman–Crippen MR) is 128 cm³/mol. The number of aryl methyl sites for hydroxylation is 1. The van der Waals surface area contributed by atoms with E-state index in [2.05, 4.69) is 15.0 Å². The monoisotopic (exact) mass is 479 g/mol. The third-order valence-electron chi connectivity index (χ3n) is 6.36. The van der Waals surface area contributed by atoms with E-state index in [4.69, 9.17) is 21.4 Å². The first kappa shape index (κ1) is 22.3. The Kier molecular flexibility index (Phi) is 5.96. The van der Waals surface area contributed by atoms with E-state index in [9.17, 15) is 9.18 Å². The molecule has 6 nitrogen and oxygen atoms in total. The van der Waals surface area contributed by atoms with Gasteiger partial charge in [0.25, 0.3) is 6.01 Å². The maximum atomic E-state index is 13.6. The molecule has 0 bridgehead atoms. The van der Waals surface area contributed by atoms with Crippen molar-refractivity contribution in [3.8, 4) is 28.4 Å². The quantitative estimate of drug-likeness (QED) is 0.345. The molecule has 4 aromatic rings. The van der Waals surface area contributed by atoms with Crippen molar-refractivity contribution in [1.82, 2.24) is 15.0 Å². The summed E-state index contributed by atoms with van der Waals surface area (Å²) >= 11 is 6.53. The van der Waals surface area contributed by atoms with Gasteiger partial charge in [0.15, 0.2) is 5.65 Å². The van der Waals surface area contributed by atoms with Crippen molar-refractivity contribution in [1.29, 1.82) is 0 Å². The number of imidazole rings is 1. The molecule has 0 spiro atoms. The van der Waals surface area contributed by atoms with E-state index in [-0.39, 0.29) is 17.8 Å². The molecule has 2 N–H and O–H groups in total. The Labute approximate surface area is 200 Å². The van der Waals surface area contributed by atoms with E-state index < -0.39 is 5.97 Å². The second-order valence-electron chi connectivity index (χ2n) is 8.70. The highest BCUT2D eigenvalue weighted by atomic mass is 35.5. The largest absolute Gasteiger partial charge is 0.481 e. The van der Waals surface area contributed by atoms with Gasteiger partial charge in [0.2, 0.25) is 0 Å². The van der Waals surface area contributed by atoms with Gasteiger partial charge in [-0.1, -0.05) is 41.9 Å². The van der Waals surface area contributed by atoms with Gasteiger partial charge >= 0.3 is 5.97 Å². The van der Waals surface area contributed by atoms with Crippen LogP contribution in [0.4, 0.5) is 4.39 Å². The number of hydrogen-bond donors (Lipinski definition) is 2. The Morgan fingerprint density at radius 3 is 2.38 bits per heavy atom. The van der Waals surface area contributed by atoms with Crippen molar-refractivity contribution in [2.24, 2.45) is 5.92 Å². The molecular weight excluding hydrogens is 457 g/mol. The van der Waals surface area contributed by atoms with Gasteiger partial charge in [0.1, 0.15) is 11.9 Å². The van der Waals surface area contributed by atoms with Gasteiger partial charge in [-0.15, -0.1) is 0 Å². The topological polar surface area (TPSA) is 88.1 Å². The number of H-pyrrole nitrogens is 1. The zero-order valence-corrected chi connectivity index (χ0v) is 19.3. The second-order valence-corrected chi connectivity index (χ2v) is 9.11. The standard InChI is InChI=1S/C26H23ClFN3O3/c1-14-12-18(8-11-21(14)28)15-2-4-16(5-3-15)23-20(27)13-22-24(30-23)31-26(29-22)34-19-9-6-17(7-10-19)25(32)33/h2-5,8,11-13,17,19H,6-7,9-10H2,1H3,(H,32,33)(H,29,30,31). The fourth-order valence-electron chi connectivity index (χ4n) is 4.38. The third-order valence-corrected chi connectivity index (χ3v) is 6.64. The molecule has 0 saturated heterocycles. The number of halogens is 2. The molecule has 2 aromatic carbocycles. The lowest BCUT2D eigenvalue weighted by atomic mass is 9.87. The fraction of sp³-hybridized carbons (Fsp3) is 0.269. The summed E-state index contributed by atoms with van der Waals surface area (Å²) in [5, 5.41) is 9.64. The highest BCUT2D eigenvalue weighted by Crippen LogP contribution is 2.32. The van der Waals surface area contributed by atoms with Crippen LogP contribution in [0.2, 0.25) is 5.02 Å². The van der Waals surface area contributed by atoms with Crippen LogP contribution in [0.15, 0.2) is 48.5 Å². The zero-order valence-electron chi connectivity index (χ0n) is 18.5. The molecular formula is C26H23ClFN3O3. The van der Waals surface area contributed by atoms with Gasteiger partial charge < -0.3 is 14.8 Å². The molecule has 34 heavy (non-hydrogen) atoms. The van der Waals surface area contributed by atoms with Crippen LogP contribution < -0.4 is 4.74 Å². The first-order valence-corrected chi connectivity index (χ1v) is 11.6. The predicted octanol–water partition coefficient (Wildman–Crippen LogP) is 6.42. The van der Waals surface area contributed by atoms with Gasteiger partial charge in [-0.25, -0.2) is 9.37 Å². The number of carboxylic acid groups (broad SMARTS) is 1. The highest BCUT2D eigenvalue weighted by molar-refractivity contribution is 6.33. The number of hydrogen-bond acceptors (Lipinski definition) is 4. The van der Waals surface area contributed by atoms with Crippen LogP contribution in [0.1, 0.15) is 31.2 Å². The van der Waals surface area contributed by atoms with E-state index in [0.717, 1.165) is 16.7 Å². The number of rotatable bonds is 5. The Hall–Kier alpha value is -3.45. The lowest BCUT2D eigenvalue weighted by molar-refractivity contribution is -0.143. The summed E-state index contributed by atoms with van der Waals surface area (Å²) in [5.41, 5.74) is 5.11. The lowest BCUT2D eigenvalue weighted by Gasteiger charge is -2.25. The lowest BCUT2D eigenvalue weighted by Crippen LogP contribution is -2.28. The number of nitrogens with zero attached hydrogens (tertiary/aromatic N) is 2. The first-order valence-electron chi connectivity index (χ1n) is 11.2. The molecule has 0 atom stereocenters. The van der Waals surface area contributed by atoms with E-state index in [0.29, 0.717) is 59.1 Å². The Morgan fingerprint density at radius 2 is 1.71 bits per heavy atom. The molecule has 0 aliphatic heterocycles. The van der Waals surface area contributed by atoms with Gasteiger partial charge in [-0.2, -0.15) is 4.98 Å². The Balaban J connectivity index is 1.35. The maximum absolute atomic E-state index is 13.6. The summed E-state index contributed by atoms with van der Waals surface area (Å²) in [7, 11) is 0. The van der Waals surface area contributed by atoms with Crippen molar-refractivity contribution in [3.63, 3.8) is 0 Å². The van der Waals surface area contributed by atoms with Crippen LogP contribution in [-0.2, 0) is 4.79 Å². The van der Waals surface area contributed by atoms with Gasteiger partial charge in [0.05, 0.1) is 22.2 Å². The normalized spacial score (nSPS) is 18.2. The smallest absolute Gasteiger partial charge is 0.306 e. The highest BCUT2D eigenvalue weighted by Gasteiger charge is 2.27. The van der Waals surface area contributed by atoms with Crippen LogP contribution in [0, 0.1) is 18.7 Å². The molecule has 1 aliphatic carbocycles. The molecule has 8 heteroatoms. The number of fused-ring (bicyclic) bond motifs is 1. The Morgan fingerprint density at radius 1 is 1.03 bits per heavy atom. The van der Waals surface area contributed by atoms with Crippen LogP contribution in [0.5, 0.6) is 6.01 Å². The number of carbonyl (C=O) groups is 1. The fourth-order valence-corrected chi connectivity index (χ4v) is 4.64. The van der Waals surface area contributed by atoms with Crippen molar-refractivity contribution < 1.29 is 19.0 Å². The summed E-state index contributed by atoms with van der Waals surface area (Å²) in [5.74, 6) is -1.26. The molecule has 5 rings (SSSR count). The van der Waals surface area contributed by atoms with E-state index in [1.165, 1.54) is 6.07 Å². The summed E-state index contributed by atoms with van der Waals surface area (Å²) < 4.78 is 19.6. The second kappa shape index (κ2) is 9.06. The van der Waals surface area contributed by atoms with Crippen molar-refractivity contribution in [2.75, 3.05) is 0 Å². The van der Waals surface area contributed by atoms with Crippen LogP contribution in [-0.4, -0.2) is 32.1 Å². The average molecular weight is 480 g/mol. The minimum absolute atomic E-state index is 0.0752. The molecule has 0 unspecified atom stereocenters. The number of aromatic nitrogens is 3. The van der Waals surface area contributed by atoms with Gasteiger partial charge in [0, 0.05) is 5.56 Å². The molecule has 1 saturated carbocycles. The first-order chi connectivity index (χ1) is 16.4. The van der Waals surface area contributed by atoms with E-state index in [1.54, 1.807) is 19.1 Å². The number of carboxylic acids is 1. The zero-order chi connectivity index (χ0) is 23.8. The number of ether oxygens (including phenoxy) is 1. The van der Waals surface area contributed by atoms with Crippen LogP contribution >= 0.6 is 11.6 Å².